The summed E-state index contributed by atoms with van der Waals surface area (Å²) in [6, 6.07) is 13.1. The molecule has 1 aromatic carbocycles. The minimum absolute atomic E-state index is 0.0257. The lowest BCUT2D eigenvalue weighted by atomic mass is 9.85. The lowest BCUT2D eigenvalue weighted by Crippen LogP contribution is -2.41. The minimum atomic E-state index is -0.404. The first-order chi connectivity index (χ1) is 24.2. The van der Waals surface area contributed by atoms with Gasteiger partial charge in [0.15, 0.2) is 5.65 Å². The number of hydrogen-bond donors (Lipinski definition) is 3. The molecular formula is C37H47N9O4. The van der Waals surface area contributed by atoms with E-state index in [2.05, 4.69) is 51.5 Å². The maximum atomic E-state index is 13.4. The van der Waals surface area contributed by atoms with E-state index in [0.717, 1.165) is 60.8 Å². The second-order valence-electron chi connectivity index (χ2n) is 14.5. The van der Waals surface area contributed by atoms with Crippen LogP contribution in [0.1, 0.15) is 111 Å². The van der Waals surface area contributed by atoms with E-state index in [4.69, 9.17) is 9.47 Å². The first kappa shape index (κ1) is 33.9. The van der Waals surface area contributed by atoms with Crippen molar-refractivity contribution in [3.05, 3.63) is 77.1 Å². The smallest absolute Gasteiger partial charge is 0.320 e. The van der Waals surface area contributed by atoms with Crippen LogP contribution in [-0.4, -0.2) is 80.8 Å². The van der Waals surface area contributed by atoms with Crippen molar-refractivity contribution in [1.29, 1.82) is 0 Å². The number of fused-ring (bicyclic) bond motifs is 2. The van der Waals surface area contributed by atoms with Gasteiger partial charge in [0.1, 0.15) is 23.5 Å². The van der Waals surface area contributed by atoms with Crippen LogP contribution in [0.15, 0.2) is 48.7 Å². The number of carbonyl (C=O) groups is 2. The van der Waals surface area contributed by atoms with Crippen molar-refractivity contribution in [2.75, 3.05) is 44.7 Å². The van der Waals surface area contributed by atoms with Crippen molar-refractivity contribution in [1.82, 2.24) is 40.1 Å². The summed E-state index contributed by atoms with van der Waals surface area (Å²) in [5.74, 6) is 2.13. The Kier molecular flexibility index (Phi) is 9.95. The monoisotopic (exact) mass is 681 g/mol. The molecule has 1 saturated heterocycles. The number of morpholine rings is 1. The van der Waals surface area contributed by atoms with E-state index in [1.807, 2.05) is 57.3 Å². The topological polar surface area (TPSA) is 148 Å². The summed E-state index contributed by atoms with van der Waals surface area (Å²) in [6.07, 6.45) is 7.99. The Hall–Kier alpha value is -4.62. The third kappa shape index (κ3) is 7.73. The third-order valence-electron chi connectivity index (χ3n) is 9.90. The first-order valence-electron chi connectivity index (χ1n) is 17.9. The Bertz CT molecular complexity index is 1830. The number of ether oxygens (including phenoxy) is 2. The highest BCUT2D eigenvalue weighted by Crippen LogP contribution is 2.39. The van der Waals surface area contributed by atoms with Crippen molar-refractivity contribution in [3.63, 3.8) is 0 Å². The maximum Gasteiger partial charge on any atom is 0.320 e. The average molecular weight is 682 g/mol. The fourth-order valence-electron chi connectivity index (χ4n) is 7.15. The summed E-state index contributed by atoms with van der Waals surface area (Å²) < 4.78 is 14.1. The van der Waals surface area contributed by atoms with Gasteiger partial charge in [0.05, 0.1) is 31.1 Å². The van der Waals surface area contributed by atoms with Gasteiger partial charge in [-0.05, 0) is 48.9 Å². The fraction of sp³-hybridized carbons (Fsp3) is 0.514. The third-order valence-corrected chi connectivity index (χ3v) is 9.90. The predicted molar refractivity (Wildman–Crippen MR) is 188 cm³/mol. The summed E-state index contributed by atoms with van der Waals surface area (Å²) in [5.41, 5.74) is 3.16. The van der Waals surface area contributed by atoms with E-state index >= 15 is 0 Å². The van der Waals surface area contributed by atoms with E-state index < -0.39 is 6.03 Å². The normalized spacial score (nSPS) is 20.0. The van der Waals surface area contributed by atoms with E-state index in [1.165, 1.54) is 12.8 Å². The molecule has 2 atom stereocenters. The number of urea groups is 1. The van der Waals surface area contributed by atoms with Gasteiger partial charge in [-0.15, -0.1) is 10.2 Å². The van der Waals surface area contributed by atoms with Crippen LogP contribution in [0.25, 0.3) is 5.65 Å². The molecule has 3 N–H and O–H groups in total. The van der Waals surface area contributed by atoms with E-state index in [1.54, 1.807) is 6.07 Å². The number of aromatic nitrogens is 5. The lowest BCUT2D eigenvalue weighted by Gasteiger charge is -2.32. The van der Waals surface area contributed by atoms with Crippen molar-refractivity contribution in [2.45, 2.75) is 82.8 Å². The number of nitrogens with zero attached hydrogens (tertiary/aromatic N) is 6. The summed E-state index contributed by atoms with van der Waals surface area (Å²) in [7, 11) is 0. The largest absolute Gasteiger partial charge is 0.484 e. The van der Waals surface area contributed by atoms with Crippen LogP contribution in [0, 0.1) is 0 Å². The van der Waals surface area contributed by atoms with E-state index in [-0.39, 0.29) is 35.1 Å². The zero-order valence-corrected chi connectivity index (χ0v) is 29.2. The molecule has 3 aromatic heterocycles. The number of nitrogens with one attached hydrogen (secondary N) is 3. The number of hydrogen-bond acceptors (Lipinski definition) is 9. The van der Waals surface area contributed by atoms with E-state index in [0.29, 0.717) is 44.2 Å². The Labute approximate surface area is 292 Å². The van der Waals surface area contributed by atoms with Crippen molar-refractivity contribution >= 4 is 23.4 Å². The number of pyridine rings is 1. The van der Waals surface area contributed by atoms with Crippen LogP contribution < -0.4 is 20.7 Å². The van der Waals surface area contributed by atoms with Crippen LogP contribution in [0.3, 0.4) is 0 Å². The molecule has 13 nitrogen and oxygen atoms in total. The van der Waals surface area contributed by atoms with Gasteiger partial charge in [-0.1, -0.05) is 57.9 Å². The van der Waals surface area contributed by atoms with Gasteiger partial charge in [-0.25, -0.2) is 14.8 Å². The van der Waals surface area contributed by atoms with Gasteiger partial charge < -0.3 is 20.1 Å². The SMILES string of the molecule is CC(C)(C)c1cc(NC(=O)N[C@H]2CC[C@@H](Oc3ccc4nnc(C5CCCC5)n4c3)c3ccccc32)nc(C(=O)NCCN2CCOCC2)n1. The molecule has 0 radical (unpaired) electrons. The van der Waals surface area contributed by atoms with Gasteiger partial charge in [0, 0.05) is 43.6 Å². The Morgan fingerprint density at radius 2 is 1.74 bits per heavy atom. The summed E-state index contributed by atoms with van der Waals surface area (Å²) >= 11 is 0. The zero-order chi connectivity index (χ0) is 34.7. The second kappa shape index (κ2) is 14.7. The Balaban J connectivity index is 1.02. The zero-order valence-electron chi connectivity index (χ0n) is 29.2. The molecule has 50 heavy (non-hydrogen) atoms. The molecule has 0 bridgehead atoms. The predicted octanol–water partition coefficient (Wildman–Crippen LogP) is 5.31. The van der Waals surface area contributed by atoms with Gasteiger partial charge in [-0.3, -0.25) is 19.4 Å². The highest BCUT2D eigenvalue weighted by molar-refractivity contribution is 5.92. The molecular weight excluding hydrogens is 634 g/mol. The molecule has 0 unspecified atom stereocenters. The molecule has 2 aliphatic carbocycles. The van der Waals surface area contributed by atoms with E-state index in [9.17, 15) is 9.59 Å². The number of amides is 3. The van der Waals surface area contributed by atoms with Crippen molar-refractivity contribution < 1.29 is 19.1 Å². The molecule has 2 fully saturated rings. The van der Waals surface area contributed by atoms with Crippen molar-refractivity contribution in [3.8, 4) is 5.75 Å². The van der Waals surface area contributed by atoms with Crippen LogP contribution in [-0.2, 0) is 10.2 Å². The quantitative estimate of drug-likeness (QED) is 0.214. The lowest BCUT2D eigenvalue weighted by molar-refractivity contribution is 0.0383. The summed E-state index contributed by atoms with van der Waals surface area (Å²) in [5, 5.41) is 17.9. The maximum absolute atomic E-state index is 13.4. The molecule has 0 spiro atoms. The highest BCUT2D eigenvalue weighted by Gasteiger charge is 2.30. The van der Waals surface area contributed by atoms with Crippen LogP contribution in [0.2, 0.25) is 0 Å². The highest BCUT2D eigenvalue weighted by atomic mass is 16.5. The number of benzene rings is 1. The van der Waals surface area contributed by atoms with Crippen LogP contribution in [0.5, 0.6) is 5.75 Å². The van der Waals surface area contributed by atoms with Crippen LogP contribution >= 0.6 is 0 Å². The van der Waals surface area contributed by atoms with Crippen molar-refractivity contribution in [2.24, 2.45) is 0 Å². The molecule has 3 amide bonds. The molecule has 1 saturated carbocycles. The number of carbonyl (C=O) groups excluding carboxylic acids is 2. The molecule has 264 valence electrons. The molecule has 1 aliphatic heterocycles. The molecule has 3 aliphatic rings. The number of rotatable bonds is 9. The average Bonchev–Trinajstić information content (AvgIpc) is 3.79. The second-order valence-corrected chi connectivity index (χ2v) is 14.5. The molecule has 13 heteroatoms. The van der Waals surface area contributed by atoms with Gasteiger partial charge in [-0.2, -0.15) is 0 Å². The Morgan fingerprint density at radius 1 is 0.960 bits per heavy atom. The molecule has 7 rings (SSSR count). The summed E-state index contributed by atoms with van der Waals surface area (Å²) in [4.78, 5) is 37.8. The fourth-order valence-corrected chi connectivity index (χ4v) is 7.15. The van der Waals surface area contributed by atoms with Gasteiger partial charge in [0.2, 0.25) is 5.82 Å². The Morgan fingerprint density at radius 3 is 2.52 bits per heavy atom. The van der Waals surface area contributed by atoms with Gasteiger partial charge in [0.25, 0.3) is 5.91 Å². The standard InChI is InChI=1S/C37H47N9O4/c1-37(2,3)30-22-31(41-33(40-30)35(47)38-16-17-45-18-20-49-21-19-45)42-36(48)39-28-13-14-29(27-11-7-6-10-26(27)28)50-25-12-15-32-43-44-34(46(32)23-25)24-8-4-5-9-24/h6-7,10-12,15,22-24,28-29H,4-5,8-9,13-14,16-21H2,1-3H3,(H,38,47)(H2,39,40,41,42,48)/t28-,29+/m0/s1. The minimum Gasteiger partial charge on any atom is -0.484 e. The van der Waals surface area contributed by atoms with Gasteiger partial charge >= 0.3 is 6.03 Å². The first-order valence-corrected chi connectivity index (χ1v) is 17.9. The number of anilines is 1. The molecule has 4 heterocycles. The van der Waals surface area contributed by atoms with Crippen LogP contribution in [0.4, 0.5) is 10.6 Å². The molecule has 4 aromatic rings. The summed E-state index contributed by atoms with van der Waals surface area (Å²) in [6.45, 7) is 10.3.